The van der Waals surface area contributed by atoms with Crippen molar-refractivity contribution < 1.29 is 0 Å². The Balaban J connectivity index is 2.33. The van der Waals surface area contributed by atoms with Gasteiger partial charge in [-0.15, -0.1) is 0 Å². The van der Waals surface area contributed by atoms with E-state index in [0.717, 1.165) is 5.56 Å². The molecule has 0 aliphatic rings. The second-order valence-electron chi connectivity index (χ2n) is 3.73. The molecular formula is C13H7ClN4. The summed E-state index contributed by atoms with van der Waals surface area (Å²) in [5, 5.41) is 14.2. The molecule has 0 fully saturated rings. The molecule has 0 saturated heterocycles. The molecular weight excluding hydrogens is 248 g/mol. The van der Waals surface area contributed by atoms with Crippen molar-refractivity contribution in [2.45, 2.75) is 0 Å². The van der Waals surface area contributed by atoms with Gasteiger partial charge in [0.15, 0.2) is 5.65 Å². The molecule has 1 aromatic carbocycles. The lowest BCUT2D eigenvalue weighted by atomic mass is 10.1. The fourth-order valence-electron chi connectivity index (χ4n) is 1.83. The van der Waals surface area contributed by atoms with E-state index in [1.54, 1.807) is 35.1 Å². The summed E-state index contributed by atoms with van der Waals surface area (Å²) in [4.78, 5) is 4.17. The standard InChI is InChI=1S/C13H7ClN4/c14-10-4-1-3-9(7-10)12-11(8-15)13-16-5-2-6-18(13)17-12/h1-7H. The van der Waals surface area contributed by atoms with Crippen LogP contribution in [0.15, 0.2) is 42.7 Å². The highest BCUT2D eigenvalue weighted by Crippen LogP contribution is 2.26. The number of hydrogen-bond donors (Lipinski definition) is 0. The van der Waals surface area contributed by atoms with Gasteiger partial charge in [-0.2, -0.15) is 10.4 Å². The Morgan fingerprint density at radius 3 is 2.94 bits per heavy atom. The summed E-state index contributed by atoms with van der Waals surface area (Å²) >= 11 is 5.96. The lowest BCUT2D eigenvalue weighted by Crippen LogP contribution is -1.87. The van der Waals surface area contributed by atoms with Crippen molar-refractivity contribution in [3.05, 3.63) is 53.3 Å². The van der Waals surface area contributed by atoms with Crippen molar-refractivity contribution >= 4 is 17.2 Å². The van der Waals surface area contributed by atoms with E-state index in [0.29, 0.717) is 21.9 Å². The molecule has 0 bridgehead atoms. The molecule has 3 aromatic rings. The first kappa shape index (κ1) is 10.8. The molecule has 3 rings (SSSR count). The predicted molar refractivity (Wildman–Crippen MR) is 68.1 cm³/mol. The molecule has 0 radical (unpaired) electrons. The van der Waals surface area contributed by atoms with Crippen LogP contribution in [0.25, 0.3) is 16.9 Å². The quantitative estimate of drug-likeness (QED) is 0.671. The van der Waals surface area contributed by atoms with Crippen molar-refractivity contribution in [3.8, 4) is 17.3 Å². The van der Waals surface area contributed by atoms with E-state index in [-0.39, 0.29) is 0 Å². The summed E-state index contributed by atoms with van der Waals surface area (Å²) < 4.78 is 1.59. The van der Waals surface area contributed by atoms with Gasteiger partial charge in [-0.1, -0.05) is 23.7 Å². The number of aromatic nitrogens is 3. The number of nitriles is 1. The first-order valence-corrected chi connectivity index (χ1v) is 5.67. The molecule has 0 spiro atoms. The summed E-state index contributed by atoms with van der Waals surface area (Å²) in [7, 11) is 0. The van der Waals surface area contributed by atoms with Crippen LogP contribution in [0, 0.1) is 11.3 Å². The van der Waals surface area contributed by atoms with Gasteiger partial charge in [0.1, 0.15) is 17.3 Å². The van der Waals surface area contributed by atoms with Crippen LogP contribution in [0.5, 0.6) is 0 Å². The minimum absolute atomic E-state index is 0.456. The minimum Gasteiger partial charge on any atom is -0.236 e. The molecule has 5 heteroatoms. The summed E-state index contributed by atoms with van der Waals surface area (Å²) in [5.41, 5.74) is 2.41. The average molecular weight is 255 g/mol. The Bertz CT molecular complexity index is 770. The van der Waals surface area contributed by atoms with E-state index in [1.165, 1.54) is 0 Å². The maximum Gasteiger partial charge on any atom is 0.173 e. The number of hydrogen-bond acceptors (Lipinski definition) is 3. The molecule has 0 N–H and O–H groups in total. The molecule has 2 heterocycles. The Kier molecular flexibility index (Phi) is 2.47. The molecule has 18 heavy (non-hydrogen) atoms. The third-order valence-corrected chi connectivity index (χ3v) is 2.84. The number of benzene rings is 1. The zero-order valence-corrected chi connectivity index (χ0v) is 9.96. The van der Waals surface area contributed by atoms with Crippen LogP contribution >= 0.6 is 11.6 Å². The van der Waals surface area contributed by atoms with Gasteiger partial charge in [-0.25, -0.2) is 9.50 Å². The highest BCUT2D eigenvalue weighted by atomic mass is 35.5. The second-order valence-corrected chi connectivity index (χ2v) is 4.17. The Morgan fingerprint density at radius 1 is 1.28 bits per heavy atom. The minimum atomic E-state index is 0.456. The first-order chi connectivity index (χ1) is 8.79. The summed E-state index contributed by atoms with van der Waals surface area (Å²) in [6.07, 6.45) is 3.40. The topological polar surface area (TPSA) is 54.0 Å². The summed E-state index contributed by atoms with van der Waals surface area (Å²) in [5.74, 6) is 0. The maximum atomic E-state index is 9.26. The molecule has 86 valence electrons. The summed E-state index contributed by atoms with van der Waals surface area (Å²) in [6.45, 7) is 0. The van der Waals surface area contributed by atoms with Crippen LogP contribution in [0.1, 0.15) is 5.56 Å². The number of rotatable bonds is 1. The van der Waals surface area contributed by atoms with Crippen molar-refractivity contribution in [2.24, 2.45) is 0 Å². The van der Waals surface area contributed by atoms with E-state index >= 15 is 0 Å². The van der Waals surface area contributed by atoms with Crippen LogP contribution < -0.4 is 0 Å². The van der Waals surface area contributed by atoms with Crippen LogP contribution in [0.2, 0.25) is 5.02 Å². The largest absolute Gasteiger partial charge is 0.236 e. The average Bonchev–Trinajstić information content (AvgIpc) is 2.77. The highest BCUT2D eigenvalue weighted by molar-refractivity contribution is 6.30. The SMILES string of the molecule is N#Cc1c(-c2cccc(Cl)c2)nn2cccnc12. The van der Waals surface area contributed by atoms with E-state index in [1.807, 2.05) is 12.1 Å². The smallest absolute Gasteiger partial charge is 0.173 e. The van der Waals surface area contributed by atoms with E-state index < -0.39 is 0 Å². The van der Waals surface area contributed by atoms with E-state index in [4.69, 9.17) is 11.6 Å². The molecule has 0 saturated carbocycles. The fourth-order valence-corrected chi connectivity index (χ4v) is 2.02. The fraction of sp³-hybridized carbons (Fsp3) is 0. The van der Waals surface area contributed by atoms with Gasteiger partial charge in [0.05, 0.1) is 0 Å². The highest BCUT2D eigenvalue weighted by Gasteiger charge is 2.14. The number of fused-ring (bicyclic) bond motifs is 1. The van der Waals surface area contributed by atoms with Crippen LogP contribution in [0.4, 0.5) is 0 Å². The van der Waals surface area contributed by atoms with Gasteiger partial charge in [0, 0.05) is 23.0 Å². The monoisotopic (exact) mass is 254 g/mol. The second kappa shape index (κ2) is 4.13. The van der Waals surface area contributed by atoms with E-state index in [9.17, 15) is 5.26 Å². The normalized spacial score (nSPS) is 10.4. The van der Waals surface area contributed by atoms with Gasteiger partial charge in [0.2, 0.25) is 0 Å². The van der Waals surface area contributed by atoms with Crippen LogP contribution in [-0.2, 0) is 0 Å². The lowest BCUT2D eigenvalue weighted by Gasteiger charge is -1.97. The predicted octanol–water partition coefficient (Wildman–Crippen LogP) is 2.92. The molecule has 0 atom stereocenters. The van der Waals surface area contributed by atoms with Crippen LogP contribution in [0.3, 0.4) is 0 Å². The van der Waals surface area contributed by atoms with Gasteiger partial charge in [-0.3, -0.25) is 0 Å². The van der Waals surface area contributed by atoms with Crippen LogP contribution in [-0.4, -0.2) is 14.6 Å². The molecule has 0 aliphatic heterocycles. The van der Waals surface area contributed by atoms with Crippen molar-refractivity contribution in [2.75, 3.05) is 0 Å². The van der Waals surface area contributed by atoms with Gasteiger partial charge >= 0.3 is 0 Å². The molecule has 0 unspecified atom stereocenters. The molecule has 4 nitrogen and oxygen atoms in total. The van der Waals surface area contributed by atoms with E-state index in [2.05, 4.69) is 16.2 Å². The third-order valence-electron chi connectivity index (χ3n) is 2.61. The third kappa shape index (κ3) is 1.62. The van der Waals surface area contributed by atoms with Gasteiger partial charge in [-0.05, 0) is 18.2 Å². The zero-order valence-electron chi connectivity index (χ0n) is 9.21. The Hall–Kier alpha value is -2.38. The Morgan fingerprint density at radius 2 is 2.17 bits per heavy atom. The van der Waals surface area contributed by atoms with Gasteiger partial charge < -0.3 is 0 Å². The molecule has 0 aliphatic carbocycles. The van der Waals surface area contributed by atoms with Crippen molar-refractivity contribution in [1.82, 2.24) is 14.6 Å². The van der Waals surface area contributed by atoms with Gasteiger partial charge in [0.25, 0.3) is 0 Å². The maximum absolute atomic E-state index is 9.26. The number of nitrogens with zero attached hydrogens (tertiary/aromatic N) is 4. The molecule has 2 aromatic heterocycles. The molecule has 0 amide bonds. The Labute approximate surface area is 108 Å². The lowest BCUT2D eigenvalue weighted by molar-refractivity contribution is 0.943. The zero-order chi connectivity index (χ0) is 12.5. The van der Waals surface area contributed by atoms with Crippen molar-refractivity contribution in [1.29, 1.82) is 5.26 Å². The number of halogens is 1. The summed E-state index contributed by atoms with van der Waals surface area (Å²) in [6, 6.07) is 11.2. The first-order valence-electron chi connectivity index (χ1n) is 5.29. The van der Waals surface area contributed by atoms with Crippen molar-refractivity contribution in [3.63, 3.8) is 0 Å².